The molecular formula is C15H25N3O. The third-order valence-corrected chi connectivity index (χ3v) is 3.39. The summed E-state index contributed by atoms with van der Waals surface area (Å²) in [4.78, 5) is 2.33. The molecule has 0 fully saturated rings. The molecule has 19 heavy (non-hydrogen) atoms. The van der Waals surface area contributed by atoms with Crippen LogP contribution in [-0.4, -0.2) is 37.5 Å². The maximum atomic E-state index is 7.45. The summed E-state index contributed by atoms with van der Waals surface area (Å²) in [6, 6.07) is 8.18. The minimum atomic E-state index is 0.121. The molecule has 1 rings (SSSR count). The number of nitrogens with one attached hydrogen (secondary N) is 1. The van der Waals surface area contributed by atoms with Gasteiger partial charge in [0, 0.05) is 19.0 Å². The Kier molecular flexibility index (Phi) is 6.36. The SMILES string of the molecule is CCN(CCc1ccc(OC)cc1)CC(C)C(=N)N. The standard InChI is InChI=1S/C15H25N3O/c1-4-18(11-12(2)15(16)17)10-9-13-5-7-14(19-3)8-6-13/h5-8,12H,4,9-11H2,1-3H3,(H3,16,17). The van der Waals surface area contributed by atoms with E-state index in [1.807, 2.05) is 19.1 Å². The Morgan fingerprint density at radius 1 is 1.37 bits per heavy atom. The van der Waals surface area contributed by atoms with Gasteiger partial charge < -0.3 is 15.4 Å². The lowest BCUT2D eigenvalue weighted by Crippen LogP contribution is -2.35. The van der Waals surface area contributed by atoms with E-state index in [-0.39, 0.29) is 11.8 Å². The zero-order valence-corrected chi connectivity index (χ0v) is 12.1. The summed E-state index contributed by atoms with van der Waals surface area (Å²) >= 11 is 0. The first-order chi connectivity index (χ1) is 9.06. The first kappa shape index (κ1) is 15.5. The molecule has 4 nitrogen and oxygen atoms in total. The van der Waals surface area contributed by atoms with Crippen molar-refractivity contribution in [2.45, 2.75) is 20.3 Å². The van der Waals surface area contributed by atoms with Gasteiger partial charge in [0.2, 0.25) is 0 Å². The highest BCUT2D eigenvalue weighted by Crippen LogP contribution is 2.12. The predicted molar refractivity (Wildman–Crippen MR) is 79.9 cm³/mol. The number of nitrogens with zero attached hydrogens (tertiary/aromatic N) is 1. The largest absolute Gasteiger partial charge is 0.497 e. The van der Waals surface area contributed by atoms with Crippen molar-refractivity contribution < 1.29 is 4.74 Å². The molecular weight excluding hydrogens is 238 g/mol. The smallest absolute Gasteiger partial charge is 0.118 e. The number of amidine groups is 1. The highest BCUT2D eigenvalue weighted by molar-refractivity contribution is 5.79. The fourth-order valence-corrected chi connectivity index (χ4v) is 1.94. The number of methoxy groups -OCH3 is 1. The van der Waals surface area contributed by atoms with Crippen molar-refractivity contribution in [2.75, 3.05) is 26.7 Å². The van der Waals surface area contributed by atoms with Crippen LogP contribution in [0.2, 0.25) is 0 Å². The molecule has 0 spiro atoms. The predicted octanol–water partition coefficient (Wildman–Crippen LogP) is 2.13. The molecule has 0 bridgehead atoms. The maximum Gasteiger partial charge on any atom is 0.118 e. The van der Waals surface area contributed by atoms with Gasteiger partial charge in [-0.1, -0.05) is 26.0 Å². The lowest BCUT2D eigenvalue weighted by molar-refractivity contribution is 0.274. The summed E-state index contributed by atoms with van der Waals surface area (Å²) in [7, 11) is 1.68. The van der Waals surface area contributed by atoms with Gasteiger partial charge in [-0.2, -0.15) is 0 Å². The molecule has 0 aliphatic rings. The monoisotopic (exact) mass is 263 g/mol. The van der Waals surface area contributed by atoms with Gasteiger partial charge in [0.05, 0.1) is 12.9 Å². The van der Waals surface area contributed by atoms with Crippen LogP contribution >= 0.6 is 0 Å². The molecule has 0 heterocycles. The first-order valence-corrected chi connectivity index (χ1v) is 6.76. The van der Waals surface area contributed by atoms with Gasteiger partial charge in [0.15, 0.2) is 0 Å². The van der Waals surface area contributed by atoms with Crippen LogP contribution < -0.4 is 10.5 Å². The van der Waals surface area contributed by atoms with Gasteiger partial charge in [-0.3, -0.25) is 5.41 Å². The van der Waals surface area contributed by atoms with Crippen LogP contribution in [0, 0.1) is 11.3 Å². The number of hydrogen-bond acceptors (Lipinski definition) is 3. The number of likely N-dealkylation sites (N-methyl/N-ethyl adjacent to an activating group) is 1. The van der Waals surface area contributed by atoms with E-state index in [9.17, 15) is 0 Å². The van der Waals surface area contributed by atoms with Gasteiger partial charge in [0.1, 0.15) is 5.75 Å². The summed E-state index contributed by atoms with van der Waals surface area (Å²) in [5.74, 6) is 1.28. The van der Waals surface area contributed by atoms with E-state index in [1.54, 1.807) is 7.11 Å². The molecule has 0 radical (unpaired) electrons. The summed E-state index contributed by atoms with van der Waals surface area (Å²) in [5.41, 5.74) is 6.82. The molecule has 0 aliphatic heterocycles. The lowest BCUT2D eigenvalue weighted by Gasteiger charge is -2.23. The number of nitrogens with two attached hydrogens (primary N) is 1. The Morgan fingerprint density at radius 3 is 2.47 bits per heavy atom. The van der Waals surface area contributed by atoms with Crippen molar-refractivity contribution in [1.29, 1.82) is 5.41 Å². The molecule has 3 N–H and O–H groups in total. The highest BCUT2D eigenvalue weighted by atomic mass is 16.5. The molecule has 1 unspecified atom stereocenters. The van der Waals surface area contributed by atoms with E-state index in [4.69, 9.17) is 15.9 Å². The van der Waals surface area contributed by atoms with Crippen molar-refractivity contribution in [3.63, 3.8) is 0 Å². The van der Waals surface area contributed by atoms with Crippen molar-refractivity contribution in [1.82, 2.24) is 4.90 Å². The molecule has 1 aromatic carbocycles. The van der Waals surface area contributed by atoms with Gasteiger partial charge in [0.25, 0.3) is 0 Å². The topological polar surface area (TPSA) is 62.3 Å². The minimum Gasteiger partial charge on any atom is -0.497 e. The third kappa shape index (κ3) is 5.30. The molecule has 1 aromatic rings. The van der Waals surface area contributed by atoms with Crippen molar-refractivity contribution >= 4 is 5.84 Å². The van der Waals surface area contributed by atoms with Crippen LogP contribution in [0.3, 0.4) is 0 Å². The number of rotatable bonds is 8. The Hall–Kier alpha value is -1.55. The zero-order chi connectivity index (χ0) is 14.3. The number of hydrogen-bond donors (Lipinski definition) is 2. The molecule has 1 atom stereocenters. The second-order valence-corrected chi connectivity index (χ2v) is 4.85. The number of ether oxygens (including phenoxy) is 1. The van der Waals surface area contributed by atoms with E-state index in [0.717, 1.165) is 31.8 Å². The van der Waals surface area contributed by atoms with E-state index in [2.05, 4.69) is 24.0 Å². The van der Waals surface area contributed by atoms with Crippen LogP contribution in [0.15, 0.2) is 24.3 Å². The summed E-state index contributed by atoms with van der Waals surface area (Å²) in [6.07, 6.45) is 1.00. The normalized spacial score (nSPS) is 12.4. The van der Waals surface area contributed by atoms with Gasteiger partial charge >= 0.3 is 0 Å². The van der Waals surface area contributed by atoms with Crippen molar-refractivity contribution in [3.05, 3.63) is 29.8 Å². The second-order valence-electron chi connectivity index (χ2n) is 4.85. The summed E-state index contributed by atoms with van der Waals surface area (Å²) in [6.45, 7) is 6.95. The lowest BCUT2D eigenvalue weighted by atomic mass is 10.1. The fourth-order valence-electron chi connectivity index (χ4n) is 1.94. The number of benzene rings is 1. The Bertz CT molecular complexity index is 389. The summed E-state index contributed by atoms with van der Waals surface area (Å²) < 4.78 is 5.15. The van der Waals surface area contributed by atoms with Gasteiger partial charge in [-0.15, -0.1) is 0 Å². The van der Waals surface area contributed by atoms with Gasteiger partial charge in [-0.25, -0.2) is 0 Å². The quantitative estimate of drug-likeness (QED) is 0.558. The fraction of sp³-hybridized carbons (Fsp3) is 0.533. The van der Waals surface area contributed by atoms with Gasteiger partial charge in [-0.05, 0) is 30.7 Å². The van der Waals surface area contributed by atoms with E-state index >= 15 is 0 Å². The van der Waals surface area contributed by atoms with Crippen LogP contribution in [0.5, 0.6) is 5.75 Å². The molecule has 0 amide bonds. The summed E-state index contributed by atoms with van der Waals surface area (Å²) in [5, 5.41) is 7.45. The third-order valence-electron chi connectivity index (χ3n) is 3.39. The van der Waals surface area contributed by atoms with E-state index in [1.165, 1.54) is 5.56 Å². The van der Waals surface area contributed by atoms with Crippen LogP contribution in [0.1, 0.15) is 19.4 Å². The first-order valence-electron chi connectivity index (χ1n) is 6.76. The molecule has 0 aliphatic carbocycles. The van der Waals surface area contributed by atoms with Crippen molar-refractivity contribution in [2.24, 2.45) is 11.7 Å². The van der Waals surface area contributed by atoms with Crippen LogP contribution in [0.4, 0.5) is 0 Å². The highest BCUT2D eigenvalue weighted by Gasteiger charge is 2.10. The molecule has 0 saturated carbocycles. The van der Waals surface area contributed by atoms with Crippen LogP contribution in [-0.2, 0) is 6.42 Å². The Balaban J connectivity index is 2.45. The Morgan fingerprint density at radius 2 is 2.00 bits per heavy atom. The van der Waals surface area contributed by atoms with Crippen molar-refractivity contribution in [3.8, 4) is 5.75 Å². The average molecular weight is 263 g/mol. The molecule has 106 valence electrons. The van der Waals surface area contributed by atoms with E-state index in [0.29, 0.717) is 0 Å². The zero-order valence-electron chi connectivity index (χ0n) is 12.1. The van der Waals surface area contributed by atoms with E-state index < -0.39 is 0 Å². The second kappa shape index (κ2) is 7.79. The molecule has 0 saturated heterocycles. The minimum absolute atomic E-state index is 0.121. The average Bonchev–Trinajstić information content (AvgIpc) is 2.43. The molecule has 0 aromatic heterocycles. The van der Waals surface area contributed by atoms with Crippen LogP contribution in [0.25, 0.3) is 0 Å². The Labute approximate surface area is 116 Å². The molecule has 4 heteroatoms. The maximum absolute atomic E-state index is 7.45.